The average Bonchev–Trinajstić information content (AvgIpc) is 2.28. The summed E-state index contributed by atoms with van der Waals surface area (Å²) >= 11 is 3.43. The molecule has 0 N–H and O–H groups in total. The molecule has 0 bridgehead atoms. The van der Waals surface area contributed by atoms with Gasteiger partial charge in [0, 0.05) is 16.0 Å². The summed E-state index contributed by atoms with van der Waals surface area (Å²) in [6, 6.07) is 5.91. The van der Waals surface area contributed by atoms with Crippen LogP contribution in [0.2, 0.25) is 0 Å². The number of Topliss-reactive ketones (excluding diaryl/α,β-unsaturated/α-hetero) is 1. The van der Waals surface area contributed by atoms with Crippen molar-refractivity contribution >= 4 is 21.7 Å². The molecule has 0 aliphatic rings. The van der Waals surface area contributed by atoms with Gasteiger partial charge in [-0.2, -0.15) is 0 Å². The predicted molar refractivity (Wildman–Crippen MR) is 76.5 cm³/mol. The van der Waals surface area contributed by atoms with Crippen molar-refractivity contribution in [2.24, 2.45) is 5.92 Å². The van der Waals surface area contributed by atoms with Gasteiger partial charge in [-0.1, -0.05) is 48.7 Å². The Morgan fingerprint density at radius 3 is 2.29 bits per heavy atom. The van der Waals surface area contributed by atoms with Gasteiger partial charge in [-0.05, 0) is 37.5 Å². The fourth-order valence-electron chi connectivity index (χ4n) is 2.23. The lowest BCUT2D eigenvalue weighted by molar-refractivity contribution is 0.0904. The van der Waals surface area contributed by atoms with E-state index in [9.17, 15) is 4.79 Å². The molecule has 2 heteroatoms. The minimum atomic E-state index is 0.199. The Balaban J connectivity index is 2.92. The summed E-state index contributed by atoms with van der Waals surface area (Å²) in [5.41, 5.74) is 1.96. The van der Waals surface area contributed by atoms with Crippen molar-refractivity contribution in [3.05, 3.63) is 33.8 Å². The molecule has 1 rings (SSSR count). The van der Waals surface area contributed by atoms with E-state index in [0.717, 1.165) is 41.3 Å². The minimum Gasteiger partial charge on any atom is -0.294 e. The number of rotatable bonds is 6. The highest BCUT2D eigenvalue weighted by Crippen LogP contribution is 2.23. The Bertz CT molecular complexity index is 379. The monoisotopic (exact) mass is 296 g/mol. The van der Waals surface area contributed by atoms with Crippen LogP contribution < -0.4 is 0 Å². The second kappa shape index (κ2) is 6.95. The second-order valence-electron chi connectivity index (χ2n) is 4.60. The van der Waals surface area contributed by atoms with E-state index in [1.807, 2.05) is 25.1 Å². The fraction of sp³-hybridized carbons (Fsp3) is 0.533. The second-order valence-corrected chi connectivity index (χ2v) is 5.51. The SMILES string of the molecule is CCCC(CCC)C(=O)c1ccc(Br)cc1C. The molecule has 0 heterocycles. The van der Waals surface area contributed by atoms with Crippen LogP contribution in [0.3, 0.4) is 0 Å². The van der Waals surface area contributed by atoms with Gasteiger partial charge in [0.05, 0.1) is 0 Å². The highest BCUT2D eigenvalue weighted by atomic mass is 79.9. The Morgan fingerprint density at radius 2 is 1.82 bits per heavy atom. The van der Waals surface area contributed by atoms with E-state index in [4.69, 9.17) is 0 Å². The molecular formula is C15H21BrO. The zero-order chi connectivity index (χ0) is 12.8. The van der Waals surface area contributed by atoms with E-state index in [-0.39, 0.29) is 5.92 Å². The number of hydrogen-bond acceptors (Lipinski definition) is 1. The molecule has 0 atom stereocenters. The number of ketones is 1. The molecule has 0 aliphatic heterocycles. The third-order valence-electron chi connectivity index (χ3n) is 3.10. The molecule has 0 aromatic heterocycles. The topological polar surface area (TPSA) is 17.1 Å². The molecule has 0 fully saturated rings. The lowest BCUT2D eigenvalue weighted by atomic mass is 9.88. The number of halogens is 1. The summed E-state index contributed by atoms with van der Waals surface area (Å²) in [6.07, 6.45) is 4.16. The molecule has 94 valence electrons. The third kappa shape index (κ3) is 3.95. The highest BCUT2D eigenvalue weighted by Gasteiger charge is 2.19. The summed E-state index contributed by atoms with van der Waals surface area (Å²) in [4.78, 5) is 12.4. The van der Waals surface area contributed by atoms with Crippen LogP contribution in [0.4, 0.5) is 0 Å². The molecule has 17 heavy (non-hydrogen) atoms. The van der Waals surface area contributed by atoms with Gasteiger partial charge in [0.15, 0.2) is 5.78 Å². The molecule has 1 nitrogen and oxygen atoms in total. The van der Waals surface area contributed by atoms with Crippen LogP contribution in [-0.4, -0.2) is 5.78 Å². The van der Waals surface area contributed by atoms with E-state index < -0.39 is 0 Å². The lowest BCUT2D eigenvalue weighted by Gasteiger charge is -2.15. The van der Waals surface area contributed by atoms with Crippen LogP contribution in [0.15, 0.2) is 22.7 Å². The van der Waals surface area contributed by atoms with Crippen molar-refractivity contribution in [3.8, 4) is 0 Å². The maximum atomic E-state index is 12.4. The van der Waals surface area contributed by atoms with Gasteiger partial charge in [0.1, 0.15) is 0 Å². The third-order valence-corrected chi connectivity index (χ3v) is 3.59. The van der Waals surface area contributed by atoms with Gasteiger partial charge >= 0.3 is 0 Å². The molecule has 0 saturated carbocycles. The number of aryl methyl sites for hydroxylation is 1. The van der Waals surface area contributed by atoms with Crippen molar-refractivity contribution in [3.63, 3.8) is 0 Å². The molecule has 0 aliphatic carbocycles. The molecule has 0 spiro atoms. The largest absolute Gasteiger partial charge is 0.294 e. The van der Waals surface area contributed by atoms with E-state index in [2.05, 4.69) is 29.8 Å². The summed E-state index contributed by atoms with van der Waals surface area (Å²) < 4.78 is 1.04. The fourth-order valence-corrected chi connectivity index (χ4v) is 2.70. The summed E-state index contributed by atoms with van der Waals surface area (Å²) in [6.45, 7) is 6.29. The normalized spacial score (nSPS) is 10.9. The standard InChI is InChI=1S/C15H21BrO/c1-4-6-12(7-5-2)15(17)14-9-8-13(16)10-11(14)3/h8-10,12H,4-7H2,1-3H3. The average molecular weight is 297 g/mol. The van der Waals surface area contributed by atoms with Gasteiger partial charge in [0.25, 0.3) is 0 Å². The zero-order valence-corrected chi connectivity index (χ0v) is 12.5. The van der Waals surface area contributed by atoms with Crippen LogP contribution in [-0.2, 0) is 0 Å². The maximum Gasteiger partial charge on any atom is 0.166 e. The van der Waals surface area contributed by atoms with Crippen molar-refractivity contribution in [2.75, 3.05) is 0 Å². The molecule has 0 saturated heterocycles. The smallest absolute Gasteiger partial charge is 0.166 e. The summed E-state index contributed by atoms with van der Waals surface area (Å²) in [7, 11) is 0. The molecule has 0 amide bonds. The van der Waals surface area contributed by atoms with Crippen molar-refractivity contribution in [1.29, 1.82) is 0 Å². The highest BCUT2D eigenvalue weighted by molar-refractivity contribution is 9.10. The van der Waals surface area contributed by atoms with Gasteiger partial charge in [-0.25, -0.2) is 0 Å². The Kier molecular flexibility index (Phi) is 5.90. The van der Waals surface area contributed by atoms with Crippen LogP contribution in [0.25, 0.3) is 0 Å². The van der Waals surface area contributed by atoms with Crippen LogP contribution in [0.1, 0.15) is 55.5 Å². The summed E-state index contributed by atoms with van der Waals surface area (Å²) in [5.74, 6) is 0.517. The van der Waals surface area contributed by atoms with Crippen LogP contribution in [0, 0.1) is 12.8 Å². The molecule has 1 aromatic carbocycles. The Morgan fingerprint density at radius 1 is 1.24 bits per heavy atom. The number of benzene rings is 1. The van der Waals surface area contributed by atoms with E-state index in [0.29, 0.717) is 5.78 Å². The maximum absolute atomic E-state index is 12.4. The lowest BCUT2D eigenvalue weighted by Crippen LogP contribution is -2.15. The van der Waals surface area contributed by atoms with Crippen molar-refractivity contribution in [1.82, 2.24) is 0 Å². The molecule has 0 unspecified atom stereocenters. The van der Waals surface area contributed by atoms with Crippen LogP contribution in [0.5, 0.6) is 0 Å². The van der Waals surface area contributed by atoms with Gasteiger partial charge in [-0.3, -0.25) is 4.79 Å². The summed E-state index contributed by atoms with van der Waals surface area (Å²) in [5, 5.41) is 0. The Labute approximate surface area is 113 Å². The molecule has 1 aromatic rings. The predicted octanol–water partition coefficient (Wildman–Crippen LogP) is 5.16. The van der Waals surface area contributed by atoms with Crippen molar-refractivity contribution < 1.29 is 4.79 Å². The van der Waals surface area contributed by atoms with Crippen molar-refractivity contribution in [2.45, 2.75) is 46.5 Å². The quantitative estimate of drug-likeness (QED) is 0.663. The first kappa shape index (κ1) is 14.4. The first-order valence-electron chi connectivity index (χ1n) is 6.40. The zero-order valence-electron chi connectivity index (χ0n) is 10.9. The Hall–Kier alpha value is -0.630. The first-order chi connectivity index (χ1) is 8.10. The van der Waals surface area contributed by atoms with Crippen LogP contribution >= 0.6 is 15.9 Å². The van der Waals surface area contributed by atoms with Gasteiger partial charge in [0.2, 0.25) is 0 Å². The first-order valence-corrected chi connectivity index (χ1v) is 7.19. The van der Waals surface area contributed by atoms with Gasteiger partial charge < -0.3 is 0 Å². The number of hydrogen-bond donors (Lipinski definition) is 0. The van der Waals surface area contributed by atoms with E-state index >= 15 is 0 Å². The minimum absolute atomic E-state index is 0.199. The van der Waals surface area contributed by atoms with E-state index in [1.165, 1.54) is 0 Å². The number of carbonyl (C=O) groups excluding carboxylic acids is 1. The number of carbonyl (C=O) groups is 1. The van der Waals surface area contributed by atoms with E-state index in [1.54, 1.807) is 0 Å². The molecular weight excluding hydrogens is 276 g/mol. The molecule has 0 radical (unpaired) electrons. The van der Waals surface area contributed by atoms with Gasteiger partial charge in [-0.15, -0.1) is 0 Å².